The molecule has 0 unspecified atom stereocenters. The number of benzene rings is 2. The van der Waals surface area contributed by atoms with Gasteiger partial charge in [-0.1, -0.05) is 50.2 Å². The number of anilines is 1. The number of ketones is 1. The number of nitrogens with zero attached hydrogens (tertiary/aromatic N) is 4. The average Bonchev–Trinajstić information content (AvgIpc) is 3.06. The number of para-hydroxylation sites is 1. The Kier molecular flexibility index (Phi) is 4.81. The van der Waals surface area contributed by atoms with Gasteiger partial charge in [0.05, 0.1) is 23.6 Å². The van der Waals surface area contributed by atoms with E-state index in [1.807, 2.05) is 70.7 Å². The molecule has 142 valence electrons. The fourth-order valence-electron chi connectivity index (χ4n) is 3.74. The molecule has 0 saturated heterocycles. The number of allylic oxidation sites excluding steroid dienone is 1. The van der Waals surface area contributed by atoms with E-state index in [1.54, 1.807) is 0 Å². The van der Waals surface area contributed by atoms with Crippen LogP contribution in [-0.2, 0) is 4.79 Å². The molecule has 0 amide bonds. The lowest BCUT2D eigenvalue weighted by Gasteiger charge is -2.35. The fourth-order valence-corrected chi connectivity index (χ4v) is 3.99. The third kappa shape index (κ3) is 3.60. The number of thiocarbonyl (C=S) groups is 1. The first-order valence-electron chi connectivity index (χ1n) is 9.33. The van der Waals surface area contributed by atoms with Crippen molar-refractivity contribution >= 4 is 34.5 Å². The molecule has 0 N–H and O–H groups in total. The van der Waals surface area contributed by atoms with Crippen molar-refractivity contribution in [1.82, 2.24) is 5.01 Å². The van der Waals surface area contributed by atoms with Crippen molar-refractivity contribution in [3.8, 4) is 0 Å². The Balaban J connectivity index is 1.71. The molecular formula is C22H22N4OS. The van der Waals surface area contributed by atoms with Gasteiger partial charge in [0.15, 0.2) is 5.78 Å². The standard InChI is InChI=1S/C22H22N4OS/c1-22(2)13-19-18(20(27)14-22)15-25(17-11-7-4-8-12-17)26(19)21(28)24-23-16-9-5-3-6-10-16/h3-12H,13-15H2,1-2H3. The second-order valence-electron chi connectivity index (χ2n) is 7.89. The van der Waals surface area contributed by atoms with Crippen LogP contribution < -0.4 is 5.01 Å². The van der Waals surface area contributed by atoms with Crippen LogP contribution >= 0.6 is 12.2 Å². The zero-order valence-corrected chi connectivity index (χ0v) is 16.8. The van der Waals surface area contributed by atoms with Gasteiger partial charge in [0.2, 0.25) is 5.11 Å². The quantitative estimate of drug-likeness (QED) is 0.506. The Morgan fingerprint density at radius 1 is 1.00 bits per heavy atom. The summed E-state index contributed by atoms with van der Waals surface area (Å²) in [4.78, 5) is 12.8. The van der Waals surface area contributed by atoms with Crippen LogP contribution in [0.15, 0.2) is 82.2 Å². The van der Waals surface area contributed by atoms with E-state index in [9.17, 15) is 4.79 Å². The van der Waals surface area contributed by atoms with Gasteiger partial charge in [0.1, 0.15) is 0 Å². The van der Waals surface area contributed by atoms with Crippen molar-refractivity contribution in [3.05, 3.63) is 71.9 Å². The van der Waals surface area contributed by atoms with E-state index >= 15 is 0 Å². The van der Waals surface area contributed by atoms with Crippen LogP contribution in [-0.4, -0.2) is 22.4 Å². The van der Waals surface area contributed by atoms with Crippen molar-refractivity contribution in [2.24, 2.45) is 15.6 Å². The summed E-state index contributed by atoms with van der Waals surface area (Å²) in [5.74, 6) is 0.192. The molecule has 1 aliphatic carbocycles. The largest absolute Gasteiger partial charge is 0.294 e. The van der Waals surface area contributed by atoms with Crippen molar-refractivity contribution < 1.29 is 4.79 Å². The average molecular weight is 391 g/mol. The first kappa shape index (κ1) is 18.5. The second kappa shape index (κ2) is 7.28. The van der Waals surface area contributed by atoms with Crippen LogP contribution in [0.1, 0.15) is 26.7 Å². The Morgan fingerprint density at radius 3 is 2.32 bits per heavy atom. The molecule has 2 aromatic carbocycles. The maximum atomic E-state index is 12.8. The van der Waals surface area contributed by atoms with Gasteiger partial charge in [-0.15, -0.1) is 10.2 Å². The number of carbonyl (C=O) groups excluding carboxylic acids is 1. The molecule has 2 aliphatic rings. The molecule has 0 spiro atoms. The third-order valence-electron chi connectivity index (χ3n) is 5.02. The minimum Gasteiger partial charge on any atom is -0.294 e. The van der Waals surface area contributed by atoms with E-state index in [0.717, 1.165) is 29.1 Å². The van der Waals surface area contributed by atoms with Crippen LogP contribution in [0, 0.1) is 5.41 Å². The van der Waals surface area contributed by atoms with Gasteiger partial charge in [0.25, 0.3) is 0 Å². The maximum Gasteiger partial charge on any atom is 0.239 e. The molecule has 4 rings (SSSR count). The molecule has 0 saturated carbocycles. The zero-order chi connectivity index (χ0) is 19.7. The number of hydrogen-bond donors (Lipinski definition) is 0. The maximum absolute atomic E-state index is 12.8. The fraction of sp³-hybridized carbons (Fsp3) is 0.273. The highest BCUT2D eigenvalue weighted by Gasteiger charge is 2.43. The molecular weight excluding hydrogens is 368 g/mol. The number of rotatable bonds is 2. The summed E-state index contributed by atoms with van der Waals surface area (Å²) in [5, 5.41) is 12.8. The third-order valence-corrected chi connectivity index (χ3v) is 5.27. The Hall–Kier alpha value is -2.86. The highest BCUT2D eigenvalue weighted by atomic mass is 32.1. The lowest BCUT2D eigenvalue weighted by atomic mass is 9.76. The number of hydrogen-bond acceptors (Lipinski definition) is 4. The second-order valence-corrected chi connectivity index (χ2v) is 8.25. The van der Waals surface area contributed by atoms with Crippen molar-refractivity contribution in [2.45, 2.75) is 26.7 Å². The van der Waals surface area contributed by atoms with Crippen LogP contribution in [0.25, 0.3) is 0 Å². The van der Waals surface area contributed by atoms with Crippen molar-refractivity contribution in [1.29, 1.82) is 0 Å². The molecule has 1 heterocycles. The van der Waals surface area contributed by atoms with E-state index in [0.29, 0.717) is 18.1 Å². The van der Waals surface area contributed by atoms with E-state index in [4.69, 9.17) is 12.2 Å². The zero-order valence-electron chi connectivity index (χ0n) is 16.0. The van der Waals surface area contributed by atoms with Crippen LogP contribution in [0.3, 0.4) is 0 Å². The number of Topliss-reactive ketones (excluding diaryl/α,β-unsaturated/α-hetero) is 1. The SMILES string of the molecule is CC1(C)CC(=O)C2=C(C1)N(C(=S)N=Nc1ccccc1)N(c1ccccc1)C2. The Morgan fingerprint density at radius 2 is 1.64 bits per heavy atom. The monoisotopic (exact) mass is 390 g/mol. The van der Waals surface area contributed by atoms with Gasteiger partial charge in [-0.25, -0.2) is 5.01 Å². The van der Waals surface area contributed by atoms with Crippen LogP contribution in [0.5, 0.6) is 0 Å². The van der Waals surface area contributed by atoms with Crippen LogP contribution in [0.2, 0.25) is 0 Å². The predicted octanol–water partition coefficient (Wildman–Crippen LogP) is 5.44. The Labute approximate surface area is 170 Å². The van der Waals surface area contributed by atoms with Crippen molar-refractivity contribution in [2.75, 3.05) is 11.6 Å². The summed E-state index contributed by atoms with van der Waals surface area (Å²) < 4.78 is 0. The van der Waals surface area contributed by atoms with E-state index in [-0.39, 0.29) is 11.2 Å². The van der Waals surface area contributed by atoms with Gasteiger partial charge in [-0.05, 0) is 48.3 Å². The predicted molar refractivity (Wildman–Crippen MR) is 114 cm³/mol. The molecule has 1 aliphatic heterocycles. The summed E-state index contributed by atoms with van der Waals surface area (Å²) in [5.41, 5.74) is 3.39. The molecule has 0 aromatic heterocycles. The minimum absolute atomic E-state index is 0.104. The summed E-state index contributed by atoms with van der Waals surface area (Å²) in [6.07, 6.45) is 1.33. The van der Waals surface area contributed by atoms with Gasteiger partial charge in [0, 0.05) is 12.0 Å². The molecule has 28 heavy (non-hydrogen) atoms. The lowest BCUT2D eigenvalue weighted by Crippen LogP contribution is -2.41. The first-order chi connectivity index (χ1) is 13.4. The molecule has 2 aromatic rings. The van der Waals surface area contributed by atoms with Crippen LogP contribution in [0.4, 0.5) is 11.4 Å². The molecule has 0 fully saturated rings. The molecule has 5 nitrogen and oxygen atoms in total. The topological polar surface area (TPSA) is 48.3 Å². The van der Waals surface area contributed by atoms with Gasteiger partial charge in [-0.2, -0.15) is 0 Å². The Bertz CT molecular complexity index is 967. The van der Waals surface area contributed by atoms with Gasteiger partial charge in [-0.3, -0.25) is 9.80 Å². The minimum atomic E-state index is -0.104. The molecule has 0 bridgehead atoms. The summed E-state index contributed by atoms with van der Waals surface area (Å²) in [7, 11) is 0. The normalized spacial score (nSPS) is 18.7. The van der Waals surface area contributed by atoms with E-state index < -0.39 is 0 Å². The summed E-state index contributed by atoms with van der Waals surface area (Å²) in [6, 6.07) is 19.5. The molecule has 0 atom stereocenters. The molecule has 6 heteroatoms. The first-order valence-corrected chi connectivity index (χ1v) is 9.74. The smallest absolute Gasteiger partial charge is 0.239 e. The van der Waals surface area contributed by atoms with Crippen molar-refractivity contribution in [3.63, 3.8) is 0 Å². The lowest BCUT2D eigenvalue weighted by molar-refractivity contribution is -0.118. The van der Waals surface area contributed by atoms with Gasteiger partial charge < -0.3 is 0 Å². The van der Waals surface area contributed by atoms with Gasteiger partial charge >= 0.3 is 0 Å². The summed E-state index contributed by atoms with van der Waals surface area (Å²) >= 11 is 5.65. The highest BCUT2D eigenvalue weighted by Crippen LogP contribution is 2.43. The van der Waals surface area contributed by atoms with E-state index in [1.165, 1.54) is 0 Å². The summed E-state index contributed by atoms with van der Waals surface area (Å²) in [6.45, 7) is 4.74. The van der Waals surface area contributed by atoms with E-state index in [2.05, 4.69) is 24.1 Å². The number of hydrazine groups is 1. The highest BCUT2D eigenvalue weighted by molar-refractivity contribution is 7.80. The number of azo groups is 1. The molecule has 0 radical (unpaired) electrons. The number of carbonyl (C=O) groups is 1.